The Bertz CT molecular complexity index is 149. The van der Waals surface area contributed by atoms with Crippen LogP contribution in [0.4, 0.5) is 0 Å². The molecule has 1 fully saturated rings. The second-order valence-corrected chi connectivity index (χ2v) is 1.84. The lowest BCUT2D eigenvalue weighted by Crippen LogP contribution is -1.52. The van der Waals surface area contributed by atoms with Gasteiger partial charge < -0.3 is 0 Å². The minimum Gasteiger partial charge on any atom is -0.0832 e. The fourth-order valence-electron chi connectivity index (χ4n) is 0.843. The van der Waals surface area contributed by atoms with Crippen LogP contribution in [0.25, 0.3) is 0 Å². The summed E-state index contributed by atoms with van der Waals surface area (Å²) < 4.78 is 0. The van der Waals surface area contributed by atoms with Crippen molar-refractivity contribution in [3.63, 3.8) is 0 Å². The molecule has 0 aromatic rings. The topological polar surface area (TPSA) is 0 Å². The minimum atomic E-state index is 0.884. The van der Waals surface area contributed by atoms with Crippen molar-refractivity contribution in [1.29, 1.82) is 0 Å². The summed E-state index contributed by atoms with van der Waals surface area (Å²) in [6.45, 7) is 2.10. The molecular weight excluding hydrogens is 72.1 g/mol. The lowest BCUT2D eigenvalue weighted by atomic mass is 10.4. The van der Waals surface area contributed by atoms with Crippen LogP contribution < -0.4 is 0 Å². The summed E-state index contributed by atoms with van der Waals surface area (Å²) in [4.78, 5) is 0. The number of hydrogen-bond donors (Lipinski definition) is 0. The molecule has 0 aromatic heterocycles. The molecule has 0 heteroatoms. The first-order valence-electron chi connectivity index (χ1n) is 2.32. The smallest absolute Gasteiger partial charge is 0.0275 e. The predicted molar refractivity (Wildman–Crippen MR) is 25.3 cm³/mol. The van der Waals surface area contributed by atoms with E-state index >= 15 is 0 Å². The van der Waals surface area contributed by atoms with Crippen LogP contribution >= 0.6 is 0 Å². The Morgan fingerprint density at radius 2 is 2.50 bits per heavy atom. The average molecular weight is 78.1 g/mol. The molecule has 0 saturated heterocycles. The summed E-state index contributed by atoms with van der Waals surface area (Å²) in [5.74, 6) is 0.884. The number of hydrogen-bond acceptors (Lipinski definition) is 0. The third-order valence-electron chi connectivity index (χ3n) is 1.47. The van der Waals surface area contributed by atoms with Crippen LogP contribution in [0.3, 0.4) is 0 Å². The van der Waals surface area contributed by atoms with Gasteiger partial charge in [-0.3, -0.25) is 0 Å². The zero-order chi connectivity index (χ0) is 4.15. The van der Waals surface area contributed by atoms with Gasteiger partial charge in [-0.2, -0.15) is 0 Å². The van der Waals surface area contributed by atoms with E-state index in [4.69, 9.17) is 0 Å². The Hall–Kier alpha value is -0.520. The van der Waals surface area contributed by atoms with E-state index in [1.165, 1.54) is 0 Å². The van der Waals surface area contributed by atoms with Gasteiger partial charge in [0, 0.05) is 5.92 Å². The summed E-state index contributed by atoms with van der Waals surface area (Å²) in [5, 5.41) is 0. The van der Waals surface area contributed by atoms with Crippen molar-refractivity contribution >= 4 is 0 Å². The second kappa shape index (κ2) is 0.494. The molecule has 1 saturated carbocycles. The third kappa shape index (κ3) is 0.118. The van der Waals surface area contributed by atoms with Gasteiger partial charge in [-0.25, -0.2) is 0 Å². The maximum atomic E-state index is 2.29. The zero-order valence-corrected chi connectivity index (χ0v) is 3.73. The van der Waals surface area contributed by atoms with E-state index in [1.807, 2.05) is 0 Å². The zero-order valence-electron chi connectivity index (χ0n) is 3.73. The first-order valence-corrected chi connectivity index (χ1v) is 2.32. The van der Waals surface area contributed by atoms with Crippen LogP contribution in [0, 0.1) is 5.92 Å². The monoisotopic (exact) mass is 78.0 g/mol. The van der Waals surface area contributed by atoms with Gasteiger partial charge in [0.15, 0.2) is 0 Å². The van der Waals surface area contributed by atoms with Crippen LogP contribution in [-0.2, 0) is 0 Å². The van der Waals surface area contributed by atoms with Crippen molar-refractivity contribution in [3.8, 4) is 0 Å². The lowest BCUT2D eigenvalue weighted by Gasteiger charge is -1.68. The number of rotatable bonds is 0. The van der Waals surface area contributed by atoms with Crippen molar-refractivity contribution in [3.05, 3.63) is 23.3 Å². The Labute approximate surface area is 37.2 Å². The third-order valence-corrected chi connectivity index (χ3v) is 1.47. The molecule has 0 N–H and O–H groups in total. The van der Waals surface area contributed by atoms with Gasteiger partial charge in [0.25, 0.3) is 0 Å². The molecule has 0 aliphatic heterocycles. The molecule has 2 aliphatic rings. The van der Waals surface area contributed by atoms with Gasteiger partial charge >= 0.3 is 0 Å². The van der Waals surface area contributed by atoms with Gasteiger partial charge in [0.1, 0.15) is 0 Å². The second-order valence-electron chi connectivity index (χ2n) is 1.84. The van der Waals surface area contributed by atoms with E-state index in [0.717, 1.165) is 5.92 Å². The normalized spacial score (nSPS) is 41.8. The molecule has 0 heterocycles. The fraction of sp³-hybridized carbons (Fsp3) is 0.333. The fourth-order valence-corrected chi connectivity index (χ4v) is 0.843. The van der Waals surface area contributed by atoms with Crippen LogP contribution in [0.15, 0.2) is 23.3 Å². The summed E-state index contributed by atoms with van der Waals surface area (Å²) in [6.07, 6.45) is 4.48. The molecule has 0 radical (unpaired) electrons. The minimum absolute atomic E-state index is 0.884. The SMILES string of the molecule is CC=C1C2=CC12. The van der Waals surface area contributed by atoms with Gasteiger partial charge in [0.05, 0.1) is 0 Å². The number of fused-ring (bicyclic) bond motifs is 1. The molecule has 2 aliphatic carbocycles. The molecule has 1 unspecified atom stereocenters. The maximum Gasteiger partial charge on any atom is 0.0275 e. The van der Waals surface area contributed by atoms with E-state index in [-0.39, 0.29) is 0 Å². The molecule has 0 aromatic carbocycles. The Morgan fingerprint density at radius 1 is 1.83 bits per heavy atom. The van der Waals surface area contributed by atoms with Crippen molar-refractivity contribution in [2.45, 2.75) is 6.92 Å². The van der Waals surface area contributed by atoms with E-state index in [0.29, 0.717) is 0 Å². The molecule has 1 atom stereocenters. The highest BCUT2D eigenvalue weighted by Gasteiger charge is 2.46. The van der Waals surface area contributed by atoms with Crippen LogP contribution in [-0.4, -0.2) is 0 Å². The van der Waals surface area contributed by atoms with Crippen molar-refractivity contribution in [2.75, 3.05) is 0 Å². The maximum absolute atomic E-state index is 2.29. The van der Waals surface area contributed by atoms with E-state index in [1.54, 1.807) is 11.1 Å². The Morgan fingerprint density at radius 3 is 2.50 bits per heavy atom. The van der Waals surface area contributed by atoms with E-state index < -0.39 is 0 Å². The van der Waals surface area contributed by atoms with Gasteiger partial charge in [-0.05, 0) is 18.1 Å². The Kier molecular flexibility index (Phi) is 0.216. The first kappa shape index (κ1) is 2.62. The molecule has 30 valence electrons. The molecule has 6 heavy (non-hydrogen) atoms. The molecule has 0 spiro atoms. The van der Waals surface area contributed by atoms with Crippen molar-refractivity contribution < 1.29 is 0 Å². The predicted octanol–water partition coefficient (Wildman–Crippen LogP) is 1.50. The standard InChI is InChI=1S/C6H6/c1-2-4-5-3-6(4)5/h2-3,5H,1H3. The summed E-state index contributed by atoms with van der Waals surface area (Å²) >= 11 is 0. The first-order chi connectivity index (χ1) is 2.93. The molecule has 2 rings (SSSR count). The highest BCUT2D eigenvalue weighted by atomic mass is 14.5. The number of allylic oxidation sites excluding steroid dienone is 4. The summed E-state index contributed by atoms with van der Waals surface area (Å²) in [7, 11) is 0. The highest BCUT2D eigenvalue weighted by molar-refractivity contribution is 5.72. The van der Waals surface area contributed by atoms with E-state index in [2.05, 4.69) is 19.1 Å². The summed E-state index contributed by atoms with van der Waals surface area (Å²) in [5.41, 5.74) is 3.20. The van der Waals surface area contributed by atoms with Crippen LogP contribution in [0.5, 0.6) is 0 Å². The van der Waals surface area contributed by atoms with Gasteiger partial charge in [-0.15, -0.1) is 0 Å². The Balaban J connectivity index is 2.42. The largest absolute Gasteiger partial charge is 0.0832 e. The van der Waals surface area contributed by atoms with Gasteiger partial charge in [0.2, 0.25) is 0 Å². The molecule has 0 amide bonds. The highest BCUT2D eigenvalue weighted by Crippen LogP contribution is 2.59. The lowest BCUT2D eigenvalue weighted by molar-refractivity contribution is 1.38. The van der Waals surface area contributed by atoms with Crippen molar-refractivity contribution in [2.24, 2.45) is 5.92 Å². The quantitative estimate of drug-likeness (QED) is 0.412. The van der Waals surface area contributed by atoms with Crippen LogP contribution in [0.2, 0.25) is 0 Å². The average Bonchev–Trinajstić information content (AvgIpc) is 2.12. The van der Waals surface area contributed by atoms with Crippen LogP contribution in [0.1, 0.15) is 6.92 Å². The summed E-state index contributed by atoms with van der Waals surface area (Å²) in [6, 6.07) is 0. The molecular formula is C6H6. The van der Waals surface area contributed by atoms with E-state index in [9.17, 15) is 0 Å². The molecule has 0 bridgehead atoms. The van der Waals surface area contributed by atoms with Gasteiger partial charge in [-0.1, -0.05) is 12.2 Å². The van der Waals surface area contributed by atoms with Crippen molar-refractivity contribution in [1.82, 2.24) is 0 Å². The molecule has 0 nitrogen and oxygen atoms in total.